The molecule has 0 amide bonds. The van der Waals surface area contributed by atoms with Crippen LogP contribution in [-0.2, 0) is 9.53 Å². The molecule has 0 fully saturated rings. The lowest BCUT2D eigenvalue weighted by Crippen LogP contribution is -1.99. The van der Waals surface area contributed by atoms with Crippen molar-refractivity contribution in [2.75, 3.05) is 6.61 Å². The number of esters is 1. The number of allylic oxidation sites excluding steroid dienone is 1. The Morgan fingerprint density at radius 3 is 2.64 bits per heavy atom. The molecule has 0 unspecified atom stereocenters. The molecule has 0 bridgehead atoms. The topological polar surface area (TPSA) is 26.3 Å². The smallest absolute Gasteiger partial charge is 0.330 e. The average molecular weight is 156 g/mol. The zero-order chi connectivity index (χ0) is 8.69. The van der Waals surface area contributed by atoms with Crippen LogP contribution in [0.4, 0.5) is 0 Å². The van der Waals surface area contributed by atoms with Crippen LogP contribution in [-0.4, -0.2) is 12.6 Å². The van der Waals surface area contributed by atoms with Crippen molar-refractivity contribution in [2.24, 2.45) is 5.92 Å². The lowest BCUT2D eigenvalue weighted by atomic mass is 10.1. The van der Waals surface area contributed by atoms with Gasteiger partial charge >= 0.3 is 5.97 Å². The van der Waals surface area contributed by atoms with E-state index in [0.717, 1.165) is 6.42 Å². The zero-order valence-corrected chi connectivity index (χ0v) is 7.46. The molecule has 0 spiro atoms. The molecule has 0 heterocycles. The van der Waals surface area contributed by atoms with Crippen LogP contribution in [0, 0.1) is 5.92 Å². The van der Waals surface area contributed by atoms with Crippen LogP contribution in [0.5, 0.6) is 0 Å². The molecular formula is C9H16O2. The minimum atomic E-state index is -0.242. The van der Waals surface area contributed by atoms with Crippen molar-refractivity contribution in [1.82, 2.24) is 0 Å². The molecule has 0 saturated carbocycles. The minimum absolute atomic E-state index is 0.242. The first-order valence-corrected chi connectivity index (χ1v) is 4.00. The van der Waals surface area contributed by atoms with Gasteiger partial charge in [0.15, 0.2) is 0 Å². The summed E-state index contributed by atoms with van der Waals surface area (Å²) >= 11 is 0. The van der Waals surface area contributed by atoms with Gasteiger partial charge in [0.2, 0.25) is 0 Å². The van der Waals surface area contributed by atoms with Gasteiger partial charge in [0.25, 0.3) is 0 Å². The van der Waals surface area contributed by atoms with E-state index in [-0.39, 0.29) is 5.97 Å². The highest BCUT2D eigenvalue weighted by atomic mass is 16.5. The van der Waals surface area contributed by atoms with Gasteiger partial charge in [0.05, 0.1) is 6.61 Å². The lowest BCUT2D eigenvalue weighted by Gasteiger charge is -1.97. The Morgan fingerprint density at radius 1 is 1.55 bits per heavy atom. The fourth-order valence-corrected chi connectivity index (χ4v) is 0.627. The van der Waals surface area contributed by atoms with Crippen LogP contribution in [0.15, 0.2) is 12.2 Å². The highest BCUT2D eigenvalue weighted by molar-refractivity contribution is 5.81. The van der Waals surface area contributed by atoms with Crippen molar-refractivity contribution in [3.8, 4) is 0 Å². The molecule has 0 atom stereocenters. The zero-order valence-electron chi connectivity index (χ0n) is 7.46. The third-order valence-electron chi connectivity index (χ3n) is 1.15. The minimum Gasteiger partial charge on any atom is -0.463 e. The van der Waals surface area contributed by atoms with Gasteiger partial charge in [-0.2, -0.15) is 0 Å². The highest BCUT2D eigenvalue weighted by Crippen LogP contribution is 1.99. The summed E-state index contributed by atoms with van der Waals surface area (Å²) in [5, 5.41) is 0. The highest BCUT2D eigenvalue weighted by Gasteiger charge is 1.93. The van der Waals surface area contributed by atoms with E-state index in [1.165, 1.54) is 6.08 Å². The summed E-state index contributed by atoms with van der Waals surface area (Å²) in [5.74, 6) is 0.355. The monoisotopic (exact) mass is 156 g/mol. The standard InChI is InChI=1S/C9H16O2/c1-4-11-9(10)7-5-6-8(2)3/h5,7-8H,4,6H2,1-3H3/b7-5+. The first-order valence-electron chi connectivity index (χ1n) is 4.00. The molecule has 0 radical (unpaired) electrons. The molecule has 0 aliphatic carbocycles. The van der Waals surface area contributed by atoms with Crippen LogP contribution >= 0.6 is 0 Å². The Bertz CT molecular complexity index is 136. The molecule has 0 aromatic rings. The third-order valence-corrected chi connectivity index (χ3v) is 1.15. The number of ether oxygens (including phenoxy) is 1. The second-order valence-corrected chi connectivity index (χ2v) is 2.78. The molecule has 0 saturated heterocycles. The Labute approximate surface area is 68.2 Å². The summed E-state index contributed by atoms with van der Waals surface area (Å²) in [5.41, 5.74) is 0. The Hall–Kier alpha value is -0.790. The van der Waals surface area contributed by atoms with Gasteiger partial charge in [0, 0.05) is 6.08 Å². The van der Waals surface area contributed by atoms with Crippen molar-refractivity contribution in [3.05, 3.63) is 12.2 Å². The molecule has 11 heavy (non-hydrogen) atoms. The van der Waals surface area contributed by atoms with E-state index in [1.807, 2.05) is 6.08 Å². The molecule has 64 valence electrons. The van der Waals surface area contributed by atoms with Gasteiger partial charge in [-0.05, 0) is 19.3 Å². The largest absolute Gasteiger partial charge is 0.463 e. The number of carbonyl (C=O) groups is 1. The number of rotatable bonds is 4. The maximum absolute atomic E-state index is 10.7. The second kappa shape index (κ2) is 5.96. The van der Waals surface area contributed by atoms with E-state index in [2.05, 4.69) is 13.8 Å². The Kier molecular flexibility index (Phi) is 5.53. The van der Waals surface area contributed by atoms with Crippen LogP contribution in [0.1, 0.15) is 27.2 Å². The van der Waals surface area contributed by atoms with Crippen molar-refractivity contribution >= 4 is 5.97 Å². The second-order valence-electron chi connectivity index (χ2n) is 2.78. The molecule has 0 rings (SSSR count). The predicted octanol–water partition coefficient (Wildman–Crippen LogP) is 2.15. The van der Waals surface area contributed by atoms with Gasteiger partial charge in [0.1, 0.15) is 0 Å². The van der Waals surface area contributed by atoms with Crippen LogP contribution in [0.2, 0.25) is 0 Å². The fraction of sp³-hybridized carbons (Fsp3) is 0.667. The van der Waals surface area contributed by atoms with Crippen molar-refractivity contribution in [1.29, 1.82) is 0 Å². The van der Waals surface area contributed by atoms with E-state index in [0.29, 0.717) is 12.5 Å². The number of hydrogen-bond donors (Lipinski definition) is 0. The molecule has 0 aliphatic heterocycles. The Morgan fingerprint density at radius 2 is 2.18 bits per heavy atom. The van der Waals surface area contributed by atoms with Crippen LogP contribution < -0.4 is 0 Å². The van der Waals surface area contributed by atoms with Gasteiger partial charge in [-0.15, -0.1) is 0 Å². The van der Waals surface area contributed by atoms with E-state index >= 15 is 0 Å². The summed E-state index contributed by atoms with van der Waals surface area (Å²) in [4.78, 5) is 10.7. The Balaban J connectivity index is 3.48. The summed E-state index contributed by atoms with van der Waals surface area (Å²) in [6.07, 6.45) is 4.27. The normalized spacial score (nSPS) is 10.9. The maximum atomic E-state index is 10.7. The van der Waals surface area contributed by atoms with Gasteiger partial charge < -0.3 is 4.74 Å². The molecule has 2 heteroatoms. The van der Waals surface area contributed by atoms with Crippen molar-refractivity contribution < 1.29 is 9.53 Å². The van der Waals surface area contributed by atoms with E-state index in [4.69, 9.17) is 4.74 Å². The molecule has 0 aromatic carbocycles. The molecule has 0 aromatic heterocycles. The SMILES string of the molecule is CCOC(=O)/C=C/CC(C)C. The lowest BCUT2D eigenvalue weighted by molar-refractivity contribution is -0.137. The van der Waals surface area contributed by atoms with Crippen molar-refractivity contribution in [2.45, 2.75) is 27.2 Å². The van der Waals surface area contributed by atoms with Crippen LogP contribution in [0.25, 0.3) is 0 Å². The number of hydrogen-bond acceptors (Lipinski definition) is 2. The summed E-state index contributed by atoms with van der Waals surface area (Å²) in [6.45, 7) is 6.46. The van der Waals surface area contributed by atoms with Gasteiger partial charge in [-0.25, -0.2) is 4.79 Å². The molecular weight excluding hydrogens is 140 g/mol. The summed E-state index contributed by atoms with van der Waals surface area (Å²) < 4.78 is 4.70. The fourth-order valence-electron chi connectivity index (χ4n) is 0.627. The average Bonchev–Trinajstić information content (AvgIpc) is 1.87. The number of carbonyl (C=O) groups excluding carboxylic acids is 1. The van der Waals surface area contributed by atoms with Gasteiger partial charge in [-0.1, -0.05) is 19.9 Å². The van der Waals surface area contributed by atoms with Crippen molar-refractivity contribution in [3.63, 3.8) is 0 Å². The quantitative estimate of drug-likeness (QED) is 0.460. The van der Waals surface area contributed by atoms with Crippen LogP contribution in [0.3, 0.4) is 0 Å². The third kappa shape index (κ3) is 7.10. The first kappa shape index (κ1) is 10.2. The first-order chi connectivity index (χ1) is 5.16. The van der Waals surface area contributed by atoms with E-state index < -0.39 is 0 Å². The van der Waals surface area contributed by atoms with E-state index in [9.17, 15) is 4.79 Å². The molecule has 2 nitrogen and oxygen atoms in total. The van der Waals surface area contributed by atoms with E-state index in [1.54, 1.807) is 6.92 Å². The predicted molar refractivity (Wildman–Crippen MR) is 45.2 cm³/mol. The molecule has 0 aliphatic rings. The molecule has 0 N–H and O–H groups in total. The summed E-state index contributed by atoms with van der Waals surface area (Å²) in [7, 11) is 0. The maximum Gasteiger partial charge on any atom is 0.330 e. The van der Waals surface area contributed by atoms with Gasteiger partial charge in [-0.3, -0.25) is 0 Å². The summed E-state index contributed by atoms with van der Waals surface area (Å²) in [6, 6.07) is 0.